The summed E-state index contributed by atoms with van der Waals surface area (Å²) in [6, 6.07) is 10.3. The Hall–Kier alpha value is -2.50. The summed E-state index contributed by atoms with van der Waals surface area (Å²) in [5, 5.41) is 11.8. The van der Waals surface area contributed by atoms with Crippen molar-refractivity contribution >= 4 is 31.3 Å². The smallest absolute Gasteiger partial charge is 0.262 e. The second-order valence-electron chi connectivity index (χ2n) is 4.68. The van der Waals surface area contributed by atoms with Gasteiger partial charge in [-0.2, -0.15) is 5.26 Å². The molecule has 1 heterocycles. The van der Waals surface area contributed by atoms with E-state index in [0.717, 1.165) is 5.69 Å². The van der Waals surface area contributed by atoms with Crippen LogP contribution in [0, 0.1) is 11.3 Å². The number of nitrogens with zero attached hydrogens (tertiary/aromatic N) is 3. The van der Waals surface area contributed by atoms with Crippen LogP contribution in [0.3, 0.4) is 0 Å². The third-order valence-electron chi connectivity index (χ3n) is 3.05. The number of halogens is 1. The van der Waals surface area contributed by atoms with E-state index < -0.39 is 9.05 Å². The number of amidine groups is 1. The number of anilines is 1. The number of hydrogen-bond acceptors (Lipinski definition) is 5. The molecule has 0 aliphatic carbocycles. The van der Waals surface area contributed by atoms with Gasteiger partial charge in [0.1, 0.15) is 17.4 Å². The molecule has 7 nitrogen and oxygen atoms in total. The number of aliphatic imine (C=N–C) groups is 1. The van der Waals surface area contributed by atoms with Gasteiger partial charge in [0.15, 0.2) is 0 Å². The fraction of sp³-hybridized carbons (Fsp3) is 0.143. The first-order valence-electron chi connectivity index (χ1n) is 6.46. The zero-order chi connectivity index (χ0) is 17.0. The largest absolute Gasteiger partial charge is 0.382 e. The Labute approximate surface area is 138 Å². The van der Waals surface area contributed by atoms with Crippen LogP contribution >= 0.6 is 10.7 Å². The summed E-state index contributed by atoms with van der Waals surface area (Å²) in [6.07, 6.45) is 1.36. The maximum Gasteiger partial charge on any atom is 0.262 e. The maximum absolute atomic E-state index is 11.3. The quantitative estimate of drug-likeness (QED) is 0.482. The lowest BCUT2D eigenvalue weighted by molar-refractivity contribution is 0.609. The minimum Gasteiger partial charge on any atom is -0.382 e. The molecule has 1 aromatic carbocycles. The molecule has 0 amide bonds. The van der Waals surface area contributed by atoms with Crippen LogP contribution < -0.4 is 11.1 Å². The van der Waals surface area contributed by atoms with Gasteiger partial charge in [0.05, 0.1) is 17.3 Å². The van der Waals surface area contributed by atoms with E-state index in [-0.39, 0.29) is 17.4 Å². The fourth-order valence-electron chi connectivity index (χ4n) is 1.92. The van der Waals surface area contributed by atoms with E-state index in [1.807, 2.05) is 6.07 Å². The van der Waals surface area contributed by atoms with Gasteiger partial charge in [-0.3, -0.25) is 0 Å². The summed E-state index contributed by atoms with van der Waals surface area (Å²) < 4.78 is 24.2. The van der Waals surface area contributed by atoms with Crippen LogP contribution in [0.15, 0.2) is 46.4 Å². The molecule has 0 radical (unpaired) electrons. The van der Waals surface area contributed by atoms with Crippen molar-refractivity contribution in [2.45, 2.75) is 4.90 Å². The SMILES string of the molecule is Cn1cc(S(=O)(=O)Cl)cc1C(N)=NCNc1cccc(C#N)c1. The van der Waals surface area contributed by atoms with Crippen molar-refractivity contribution in [1.82, 2.24) is 4.57 Å². The average molecular weight is 352 g/mol. The molecule has 0 spiro atoms. The summed E-state index contributed by atoms with van der Waals surface area (Å²) in [5.41, 5.74) is 7.58. The predicted octanol–water partition coefficient (Wildman–Crippen LogP) is 1.60. The highest BCUT2D eigenvalue weighted by molar-refractivity contribution is 8.13. The van der Waals surface area contributed by atoms with Crippen LogP contribution in [-0.2, 0) is 16.1 Å². The third kappa shape index (κ3) is 4.25. The van der Waals surface area contributed by atoms with Crippen molar-refractivity contribution in [1.29, 1.82) is 5.26 Å². The highest BCUT2D eigenvalue weighted by atomic mass is 35.7. The molecular formula is C14H14ClN5O2S. The van der Waals surface area contributed by atoms with Crippen LogP contribution in [0.4, 0.5) is 5.69 Å². The molecule has 9 heteroatoms. The van der Waals surface area contributed by atoms with E-state index in [2.05, 4.69) is 10.3 Å². The Bertz CT molecular complexity index is 896. The third-order valence-corrected chi connectivity index (χ3v) is 4.37. The molecule has 3 N–H and O–H groups in total. The monoisotopic (exact) mass is 351 g/mol. The number of nitriles is 1. The number of nitrogens with one attached hydrogen (secondary N) is 1. The van der Waals surface area contributed by atoms with E-state index in [9.17, 15) is 8.42 Å². The first kappa shape index (κ1) is 16.9. The van der Waals surface area contributed by atoms with Gasteiger partial charge in [-0.15, -0.1) is 0 Å². The molecule has 0 fully saturated rings. The number of aryl methyl sites for hydroxylation is 1. The summed E-state index contributed by atoms with van der Waals surface area (Å²) in [5.74, 6) is 0.169. The lowest BCUT2D eigenvalue weighted by atomic mass is 10.2. The Morgan fingerprint density at radius 3 is 2.83 bits per heavy atom. The number of aromatic nitrogens is 1. The summed E-state index contributed by atoms with van der Waals surface area (Å²) in [6.45, 7) is 0.175. The first-order chi connectivity index (χ1) is 10.8. The van der Waals surface area contributed by atoms with Crippen molar-refractivity contribution in [3.8, 4) is 6.07 Å². The molecule has 2 rings (SSSR count). The normalized spacial score (nSPS) is 12.0. The Morgan fingerprint density at radius 1 is 1.48 bits per heavy atom. The molecule has 1 aromatic heterocycles. The van der Waals surface area contributed by atoms with Crippen molar-refractivity contribution in [3.05, 3.63) is 47.8 Å². The van der Waals surface area contributed by atoms with Crippen molar-refractivity contribution < 1.29 is 8.42 Å². The Balaban J connectivity index is 2.11. The summed E-state index contributed by atoms with van der Waals surface area (Å²) in [7, 11) is 3.13. The molecule has 0 saturated heterocycles. The van der Waals surface area contributed by atoms with E-state index in [1.54, 1.807) is 31.3 Å². The van der Waals surface area contributed by atoms with Crippen molar-refractivity contribution in [2.24, 2.45) is 17.8 Å². The van der Waals surface area contributed by atoms with Crippen molar-refractivity contribution in [2.75, 3.05) is 12.0 Å². The number of hydrogen-bond donors (Lipinski definition) is 2. The van der Waals surface area contributed by atoms with Gasteiger partial charge < -0.3 is 15.6 Å². The maximum atomic E-state index is 11.3. The van der Waals surface area contributed by atoms with Crippen LogP contribution in [0.2, 0.25) is 0 Å². The van der Waals surface area contributed by atoms with Gasteiger partial charge >= 0.3 is 0 Å². The van der Waals surface area contributed by atoms with Gasteiger partial charge in [-0.1, -0.05) is 6.07 Å². The van der Waals surface area contributed by atoms with Gasteiger partial charge in [-0.05, 0) is 24.3 Å². The van der Waals surface area contributed by atoms with E-state index in [1.165, 1.54) is 16.8 Å². The fourth-order valence-corrected chi connectivity index (χ4v) is 2.71. The molecule has 23 heavy (non-hydrogen) atoms. The Morgan fingerprint density at radius 2 is 2.22 bits per heavy atom. The predicted molar refractivity (Wildman–Crippen MR) is 88.8 cm³/mol. The lowest BCUT2D eigenvalue weighted by Gasteiger charge is -2.05. The molecular weight excluding hydrogens is 338 g/mol. The van der Waals surface area contributed by atoms with Crippen LogP contribution in [0.5, 0.6) is 0 Å². The van der Waals surface area contributed by atoms with E-state index in [0.29, 0.717) is 11.3 Å². The first-order valence-corrected chi connectivity index (χ1v) is 8.77. The minimum absolute atomic E-state index is 0.0375. The van der Waals surface area contributed by atoms with Crippen LogP contribution in [0.1, 0.15) is 11.3 Å². The highest BCUT2D eigenvalue weighted by Crippen LogP contribution is 2.17. The second kappa shape index (κ2) is 6.73. The molecule has 2 aromatic rings. The zero-order valence-electron chi connectivity index (χ0n) is 12.2. The summed E-state index contributed by atoms with van der Waals surface area (Å²) >= 11 is 0. The molecule has 0 aliphatic heterocycles. The number of rotatable bonds is 5. The van der Waals surface area contributed by atoms with Gasteiger partial charge in [0.25, 0.3) is 9.05 Å². The van der Waals surface area contributed by atoms with E-state index >= 15 is 0 Å². The van der Waals surface area contributed by atoms with Crippen LogP contribution in [-0.4, -0.2) is 25.5 Å². The second-order valence-corrected chi connectivity index (χ2v) is 7.25. The van der Waals surface area contributed by atoms with Crippen molar-refractivity contribution in [3.63, 3.8) is 0 Å². The molecule has 0 aliphatic rings. The average Bonchev–Trinajstić information content (AvgIpc) is 2.89. The lowest BCUT2D eigenvalue weighted by Crippen LogP contribution is -2.18. The summed E-state index contributed by atoms with van der Waals surface area (Å²) in [4.78, 5) is 4.11. The molecule has 0 unspecified atom stereocenters. The van der Waals surface area contributed by atoms with E-state index in [4.69, 9.17) is 21.7 Å². The minimum atomic E-state index is -3.81. The number of benzene rings is 1. The number of nitrogens with two attached hydrogens (primary N) is 1. The zero-order valence-corrected chi connectivity index (χ0v) is 13.8. The van der Waals surface area contributed by atoms with Gasteiger partial charge in [0.2, 0.25) is 0 Å². The standard InChI is InChI=1S/C14H14ClN5O2S/c1-20-8-12(23(15,21)22)6-13(20)14(17)19-9-18-11-4-2-3-10(5-11)7-16/h2-6,8,18H,9H2,1H3,(H2,17,19). The molecule has 0 atom stereocenters. The molecule has 120 valence electrons. The topological polar surface area (TPSA) is 113 Å². The molecule has 0 saturated carbocycles. The molecule has 0 bridgehead atoms. The van der Waals surface area contributed by atoms with Crippen LogP contribution in [0.25, 0.3) is 0 Å². The highest BCUT2D eigenvalue weighted by Gasteiger charge is 2.15. The van der Waals surface area contributed by atoms with Gasteiger partial charge in [0, 0.05) is 29.6 Å². The van der Waals surface area contributed by atoms with Gasteiger partial charge in [-0.25, -0.2) is 13.4 Å². The Kier molecular flexibility index (Phi) is 4.93.